The molecule has 22 heavy (non-hydrogen) atoms. The highest BCUT2D eigenvalue weighted by atomic mass is 15.2. The van der Waals surface area contributed by atoms with Crippen LogP contribution >= 0.6 is 0 Å². The molecule has 0 fully saturated rings. The van der Waals surface area contributed by atoms with Crippen LogP contribution in [0.15, 0.2) is 72.6 Å². The number of hydrogen-bond acceptors (Lipinski definition) is 2. The summed E-state index contributed by atoms with van der Waals surface area (Å²) in [7, 11) is 0. The average Bonchev–Trinajstić information content (AvgIpc) is 3.08. The number of anilines is 2. The highest BCUT2D eigenvalue weighted by molar-refractivity contribution is 5.78. The van der Waals surface area contributed by atoms with E-state index in [2.05, 4.69) is 64.3 Å². The molecule has 108 valence electrons. The van der Waals surface area contributed by atoms with Gasteiger partial charge >= 0.3 is 0 Å². The first-order chi connectivity index (χ1) is 10.8. The van der Waals surface area contributed by atoms with Crippen LogP contribution in [-0.2, 0) is 0 Å². The largest absolute Gasteiger partial charge is 0.363 e. The number of H-pyrrole nitrogens is 1. The predicted octanol–water partition coefficient (Wildman–Crippen LogP) is 4.71. The van der Waals surface area contributed by atoms with Crippen molar-refractivity contribution in [2.24, 2.45) is 0 Å². The maximum absolute atomic E-state index is 4.64. The number of hydrogen-bond donors (Lipinski definition) is 1. The lowest BCUT2D eigenvalue weighted by Crippen LogP contribution is -2.29. The monoisotopic (exact) mass is 287 g/mol. The van der Waals surface area contributed by atoms with Gasteiger partial charge in [-0.05, 0) is 55.0 Å². The van der Waals surface area contributed by atoms with Gasteiger partial charge in [-0.3, -0.25) is 0 Å². The minimum absolute atomic E-state index is 0.139. The van der Waals surface area contributed by atoms with Gasteiger partial charge in [0.15, 0.2) is 0 Å². The van der Waals surface area contributed by atoms with Crippen LogP contribution in [0.25, 0.3) is 6.08 Å². The Balaban J connectivity index is 1.94. The number of aromatic nitrogens is 2. The third kappa shape index (κ3) is 2.02. The molecule has 0 radical (unpaired) electrons. The molecule has 0 spiro atoms. The molecule has 3 heterocycles. The number of benzene rings is 1. The Morgan fingerprint density at radius 3 is 2.64 bits per heavy atom. The fourth-order valence-corrected chi connectivity index (χ4v) is 3.13. The Hall–Kier alpha value is -2.81. The van der Waals surface area contributed by atoms with Gasteiger partial charge in [-0.2, -0.15) is 0 Å². The van der Waals surface area contributed by atoms with Crippen molar-refractivity contribution in [1.82, 2.24) is 9.97 Å². The lowest BCUT2D eigenvalue weighted by Gasteiger charge is -2.37. The second-order valence-electron chi connectivity index (χ2n) is 5.54. The van der Waals surface area contributed by atoms with Crippen LogP contribution in [0.1, 0.15) is 24.2 Å². The van der Waals surface area contributed by atoms with Crippen molar-refractivity contribution < 1.29 is 0 Å². The van der Waals surface area contributed by atoms with Gasteiger partial charge in [0.25, 0.3) is 0 Å². The van der Waals surface area contributed by atoms with Crippen LogP contribution in [0, 0.1) is 0 Å². The van der Waals surface area contributed by atoms with Gasteiger partial charge in [0.2, 0.25) is 0 Å². The Bertz CT molecular complexity index is 804. The van der Waals surface area contributed by atoms with Crippen molar-refractivity contribution in [3.63, 3.8) is 0 Å². The van der Waals surface area contributed by atoms with E-state index in [1.165, 1.54) is 11.3 Å². The fraction of sp³-hybridized carbons (Fsp3) is 0.105. The van der Waals surface area contributed by atoms with Gasteiger partial charge in [-0.25, -0.2) is 4.98 Å². The molecule has 1 aliphatic heterocycles. The van der Waals surface area contributed by atoms with Crippen LogP contribution in [0.4, 0.5) is 11.5 Å². The molecule has 1 aromatic carbocycles. The first kappa shape index (κ1) is 12.9. The molecule has 1 unspecified atom stereocenters. The number of rotatable bonds is 2. The molecule has 3 aromatic rings. The second kappa shape index (κ2) is 5.19. The summed E-state index contributed by atoms with van der Waals surface area (Å²) in [5, 5.41) is 0. The van der Waals surface area contributed by atoms with E-state index in [0.29, 0.717) is 0 Å². The zero-order valence-electron chi connectivity index (χ0n) is 12.4. The van der Waals surface area contributed by atoms with Gasteiger partial charge in [-0.1, -0.05) is 18.2 Å². The number of para-hydroxylation sites is 1. The average molecular weight is 287 g/mol. The second-order valence-corrected chi connectivity index (χ2v) is 5.54. The summed E-state index contributed by atoms with van der Waals surface area (Å²) in [5.41, 5.74) is 4.78. The zero-order chi connectivity index (χ0) is 14.9. The molecule has 1 atom stereocenters. The lowest BCUT2D eigenvalue weighted by molar-refractivity contribution is 0.760. The molecule has 4 rings (SSSR count). The molecule has 0 amide bonds. The summed E-state index contributed by atoms with van der Waals surface area (Å²) in [6.07, 6.45) is 6.06. The quantitative estimate of drug-likeness (QED) is 0.740. The van der Waals surface area contributed by atoms with E-state index in [9.17, 15) is 0 Å². The lowest BCUT2D eigenvalue weighted by atomic mass is 9.95. The molecule has 1 aliphatic rings. The van der Waals surface area contributed by atoms with Crippen molar-refractivity contribution >= 4 is 17.6 Å². The van der Waals surface area contributed by atoms with Crippen molar-refractivity contribution in [2.45, 2.75) is 13.0 Å². The van der Waals surface area contributed by atoms with Crippen LogP contribution in [-0.4, -0.2) is 9.97 Å². The third-order valence-corrected chi connectivity index (χ3v) is 4.07. The standard InChI is InChI=1S/C19H17N3/c1-14-13-15-7-5-12-21-19(15)22(16-8-3-2-4-9-16)18(14)17-10-6-11-20-17/h2-13,18,20H,1H3. The minimum atomic E-state index is 0.139. The normalized spacial score (nSPS) is 17.0. The van der Waals surface area contributed by atoms with Gasteiger partial charge in [0, 0.05) is 29.3 Å². The van der Waals surface area contributed by atoms with E-state index in [-0.39, 0.29) is 6.04 Å². The first-order valence-electron chi connectivity index (χ1n) is 7.45. The molecule has 1 N–H and O–H groups in total. The molecule has 3 heteroatoms. The number of nitrogens with one attached hydrogen (secondary N) is 1. The maximum Gasteiger partial charge on any atom is 0.141 e. The van der Waals surface area contributed by atoms with E-state index in [1.54, 1.807) is 0 Å². The number of pyridine rings is 1. The highest BCUT2D eigenvalue weighted by Gasteiger charge is 2.30. The van der Waals surface area contributed by atoms with E-state index < -0.39 is 0 Å². The molecule has 0 bridgehead atoms. The SMILES string of the molecule is CC1=Cc2cccnc2N(c2ccccc2)C1c1ccc[nH]1. The van der Waals surface area contributed by atoms with Gasteiger partial charge in [-0.15, -0.1) is 0 Å². The number of fused-ring (bicyclic) bond motifs is 1. The summed E-state index contributed by atoms with van der Waals surface area (Å²) in [5.74, 6) is 0.999. The Morgan fingerprint density at radius 2 is 1.86 bits per heavy atom. The number of nitrogens with zero attached hydrogens (tertiary/aromatic N) is 2. The Morgan fingerprint density at radius 1 is 1.00 bits per heavy atom. The van der Waals surface area contributed by atoms with Gasteiger partial charge in [0.05, 0.1) is 6.04 Å². The van der Waals surface area contributed by atoms with Gasteiger partial charge in [0.1, 0.15) is 5.82 Å². The fourth-order valence-electron chi connectivity index (χ4n) is 3.13. The molecule has 0 aliphatic carbocycles. The van der Waals surface area contributed by atoms with E-state index in [0.717, 1.165) is 17.1 Å². The van der Waals surface area contributed by atoms with Crippen molar-refractivity contribution in [1.29, 1.82) is 0 Å². The Labute approximate surface area is 129 Å². The molecular formula is C19H17N3. The van der Waals surface area contributed by atoms with Crippen LogP contribution in [0.2, 0.25) is 0 Å². The van der Waals surface area contributed by atoms with Gasteiger partial charge < -0.3 is 9.88 Å². The van der Waals surface area contributed by atoms with Crippen molar-refractivity contribution in [2.75, 3.05) is 4.90 Å². The topological polar surface area (TPSA) is 31.9 Å². The molecule has 0 saturated carbocycles. The summed E-state index contributed by atoms with van der Waals surface area (Å²) in [4.78, 5) is 10.3. The van der Waals surface area contributed by atoms with Crippen LogP contribution in [0.3, 0.4) is 0 Å². The number of aromatic amines is 1. The molecule has 2 aromatic heterocycles. The van der Waals surface area contributed by atoms with Crippen molar-refractivity contribution in [3.05, 3.63) is 83.8 Å². The molecule has 3 nitrogen and oxygen atoms in total. The highest BCUT2D eigenvalue weighted by Crippen LogP contribution is 2.43. The minimum Gasteiger partial charge on any atom is -0.363 e. The summed E-state index contributed by atoms with van der Waals surface area (Å²) < 4.78 is 0. The third-order valence-electron chi connectivity index (χ3n) is 4.07. The molecule has 0 saturated heterocycles. The predicted molar refractivity (Wildman–Crippen MR) is 90.0 cm³/mol. The van der Waals surface area contributed by atoms with E-state index >= 15 is 0 Å². The van der Waals surface area contributed by atoms with E-state index in [4.69, 9.17) is 0 Å². The van der Waals surface area contributed by atoms with E-state index in [1.807, 2.05) is 30.6 Å². The Kier molecular flexibility index (Phi) is 3.04. The molecular weight excluding hydrogens is 270 g/mol. The summed E-state index contributed by atoms with van der Waals surface area (Å²) in [6, 6.07) is 18.9. The van der Waals surface area contributed by atoms with Crippen LogP contribution < -0.4 is 4.90 Å². The summed E-state index contributed by atoms with van der Waals surface area (Å²) >= 11 is 0. The smallest absolute Gasteiger partial charge is 0.141 e. The van der Waals surface area contributed by atoms with Crippen molar-refractivity contribution in [3.8, 4) is 0 Å². The summed E-state index contributed by atoms with van der Waals surface area (Å²) in [6.45, 7) is 2.18. The van der Waals surface area contributed by atoms with Crippen LogP contribution in [0.5, 0.6) is 0 Å². The first-order valence-corrected chi connectivity index (χ1v) is 7.45. The maximum atomic E-state index is 4.64. The zero-order valence-corrected chi connectivity index (χ0v) is 12.4.